The molecule has 0 aliphatic carbocycles. The lowest BCUT2D eigenvalue weighted by molar-refractivity contribution is 0.0924. The van der Waals surface area contributed by atoms with E-state index >= 15 is 0 Å². The van der Waals surface area contributed by atoms with Crippen molar-refractivity contribution >= 4 is 28.5 Å². The molecular weight excluding hydrogens is 302 g/mol. The summed E-state index contributed by atoms with van der Waals surface area (Å²) in [6.45, 7) is 4.17. The van der Waals surface area contributed by atoms with E-state index in [0.29, 0.717) is 22.9 Å². The highest BCUT2D eigenvalue weighted by Gasteiger charge is 2.18. The molecule has 0 saturated carbocycles. The van der Waals surface area contributed by atoms with E-state index in [1.807, 2.05) is 39.2 Å². The SMILES string of the molecule is Cc1cc2oc(C(=O)NCc3cnn(C)c3)c(C)c2cc1Cl. The molecule has 2 heterocycles. The summed E-state index contributed by atoms with van der Waals surface area (Å²) in [6, 6.07) is 3.69. The van der Waals surface area contributed by atoms with Crippen LogP contribution in [-0.4, -0.2) is 15.7 Å². The lowest BCUT2D eigenvalue weighted by Crippen LogP contribution is -2.22. The summed E-state index contributed by atoms with van der Waals surface area (Å²) in [5, 5.41) is 8.44. The van der Waals surface area contributed by atoms with Gasteiger partial charge >= 0.3 is 0 Å². The molecule has 3 rings (SSSR count). The fraction of sp³-hybridized carbons (Fsp3) is 0.250. The first-order valence-electron chi connectivity index (χ1n) is 6.90. The van der Waals surface area contributed by atoms with Gasteiger partial charge in [-0.15, -0.1) is 0 Å². The molecule has 1 aromatic carbocycles. The van der Waals surface area contributed by atoms with Gasteiger partial charge in [0.2, 0.25) is 0 Å². The van der Waals surface area contributed by atoms with Gasteiger partial charge < -0.3 is 9.73 Å². The van der Waals surface area contributed by atoms with Gasteiger partial charge in [0, 0.05) is 41.3 Å². The van der Waals surface area contributed by atoms with E-state index in [0.717, 1.165) is 22.1 Å². The van der Waals surface area contributed by atoms with E-state index < -0.39 is 0 Å². The van der Waals surface area contributed by atoms with Gasteiger partial charge in [-0.1, -0.05) is 11.6 Å². The Bertz CT molecular complexity index is 864. The van der Waals surface area contributed by atoms with Gasteiger partial charge in [-0.2, -0.15) is 5.10 Å². The number of hydrogen-bond acceptors (Lipinski definition) is 3. The van der Waals surface area contributed by atoms with Gasteiger partial charge in [0.25, 0.3) is 5.91 Å². The molecule has 0 radical (unpaired) electrons. The highest BCUT2D eigenvalue weighted by atomic mass is 35.5. The molecule has 3 aromatic rings. The number of carbonyl (C=O) groups is 1. The number of furan rings is 1. The van der Waals surface area contributed by atoms with Gasteiger partial charge in [-0.3, -0.25) is 9.48 Å². The average molecular weight is 318 g/mol. The Morgan fingerprint density at radius 2 is 2.18 bits per heavy atom. The first kappa shape index (κ1) is 14.7. The van der Waals surface area contributed by atoms with Gasteiger partial charge in [-0.05, 0) is 31.5 Å². The molecule has 6 heteroatoms. The monoisotopic (exact) mass is 317 g/mol. The fourth-order valence-corrected chi connectivity index (χ4v) is 2.55. The summed E-state index contributed by atoms with van der Waals surface area (Å²) < 4.78 is 7.39. The lowest BCUT2D eigenvalue weighted by atomic mass is 10.1. The summed E-state index contributed by atoms with van der Waals surface area (Å²) in [5.41, 5.74) is 3.32. The predicted octanol–water partition coefficient (Wildman–Crippen LogP) is 3.37. The van der Waals surface area contributed by atoms with Crippen LogP contribution in [0.4, 0.5) is 0 Å². The molecular formula is C16H16ClN3O2. The number of aromatic nitrogens is 2. The zero-order valence-corrected chi connectivity index (χ0v) is 13.4. The third-order valence-electron chi connectivity index (χ3n) is 3.64. The largest absolute Gasteiger partial charge is 0.451 e. The standard InChI is InChI=1S/C16H16ClN3O2/c1-9-4-14-12(5-13(9)17)10(2)15(22-14)16(21)18-6-11-7-19-20(3)8-11/h4-5,7-8H,6H2,1-3H3,(H,18,21). The molecule has 0 unspecified atom stereocenters. The van der Waals surface area contributed by atoms with Gasteiger partial charge in [0.15, 0.2) is 5.76 Å². The molecule has 114 valence electrons. The van der Waals surface area contributed by atoms with Crippen LogP contribution in [0.1, 0.15) is 27.2 Å². The van der Waals surface area contributed by atoms with E-state index in [4.69, 9.17) is 16.0 Å². The first-order chi connectivity index (χ1) is 10.5. The van der Waals surface area contributed by atoms with Crippen LogP contribution in [0.25, 0.3) is 11.0 Å². The van der Waals surface area contributed by atoms with Gasteiger partial charge in [-0.25, -0.2) is 0 Å². The number of nitrogens with zero attached hydrogens (tertiary/aromatic N) is 2. The zero-order chi connectivity index (χ0) is 15.9. The second-order valence-corrected chi connectivity index (χ2v) is 5.77. The van der Waals surface area contributed by atoms with E-state index in [-0.39, 0.29) is 5.91 Å². The predicted molar refractivity (Wildman–Crippen MR) is 85.1 cm³/mol. The van der Waals surface area contributed by atoms with E-state index in [1.165, 1.54) is 0 Å². The number of amides is 1. The molecule has 0 bridgehead atoms. The Hall–Kier alpha value is -2.27. The van der Waals surface area contributed by atoms with Crippen LogP contribution in [0.15, 0.2) is 28.9 Å². The smallest absolute Gasteiger partial charge is 0.287 e. The van der Waals surface area contributed by atoms with Crippen molar-refractivity contribution in [2.45, 2.75) is 20.4 Å². The summed E-state index contributed by atoms with van der Waals surface area (Å²) in [4.78, 5) is 12.3. The molecule has 0 spiro atoms. The minimum Gasteiger partial charge on any atom is -0.451 e. The first-order valence-corrected chi connectivity index (χ1v) is 7.28. The molecule has 1 amide bonds. The molecule has 0 atom stereocenters. The Labute approximate surface area is 132 Å². The van der Waals surface area contributed by atoms with E-state index in [9.17, 15) is 4.79 Å². The number of aryl methyl sites for hydroxylation is 3. The number of hydrogen-bond donors (Lipinski definition) is 1. The fourth-order valence-electron chi connectivity index (χ4n) is 2.38. The second-order valence-electron chi connectivity index (χ2n) is 5.36. The third kappa shape index (κ3) is 2.60. The summed E-state index contributed by atoms with van der Waals surface area (Å²) >= 11 is 6.14. The average Bonchev–Trinajstić information content (AvgIpc) is 3.02. The second kappa shape index (κ2) is 5.50. The molecule has 0 aliphatic heterocycles. The van der Waals surface area contributed by atoms with Crippen molar-refractivity contribution in [1.29, 1.82) is 0 Å². The number of nitrogens with one attached hydrogen (secondary N) is 1. The molecule has 5 nitrogen and oxygen atoms in total. The van der Waals surface area contributed by atoms with Crippen LogP contribution in [0.3, 0.4) is 0 Å². The van der Waals surface area contributed by atoms with Crippen LogP contribution < -0.4 is 5.32 Å². The van der Waals surface area contributed by atoms with E-state index in [2.05, 4.69) is 10.4 Å². The summed E-state index contributed by atoms with van der Waals surface area (Å²) in [7, 11) is 1.83. The molecule has 2 aromatic heterocycles. The third-order valence-corrected chi connectivity index (χ3v) is 4.04. The van der Waals surface area contributed by atoms with Crippen molar-refractivity contribution in [3.05, 3.63) is 52.0 Å². The zero-order valence-electron chi connectivity index (χ0n) is 12.6. The number of halogens is 1. The quantitative estimate of drug-likeness (QED) is 0.805. The Kier molecular flexibility index (Phi) is 3.66. The van der Waals surface area contributed by atoms with Crippen molar-refractivity contribution in [3.63, 3.8) is 0 Å². The van der Waals surface area contributed by atoms with Crippen molar-refractivity contribution < 1.29 is 9.21 Å². The minimum absolute atomic E-state index is 0.244. The lowest BCUT2D eigenvalue weighted by Gasteiger charge is -2.01. The molecule has 0 fully saturated rings. The summed E-state index contributed by atoms with van der Waals surface area (Å²) in [5.74, 6) is 0.0758. The topological polar surface area (TPSA) is 60.1 Å². The van der Waals surface area contributed by atoms with Crippen LogP contribution in [0.2, 0.25) is 5.02 Å². The number of rotatable bonds is 3. The Balaban J connectivity index is 1.86. The maximum Gasteiger partial charge on any atom is 0.287 e. The molecule has 0 saturated heterocycles. The minimum atomic E-state index is -0.244. The number of fused-ring (bicyclic) bond motifs is 1. The van der Waals surface area contributed by atoms with Gasteiger partial charge in [0.05, 0.1) is 6.20 Å². The van der Waals surface area contributed by atoms with Crippen LogP contribution in [0, 0.1) is 13.8 Å². The molecule has 1 N–H and O–H groups in total. The number of benzene rings is 1. The summed E-state index contributed by atoms with van der Waals surface area (Å²) in [6.07, 6.45) is 3.57. The maximum atomic E-state index is 12.3. The van der Waals surface area contributed by atoms with Gasteiger partial charge in [0.1, 0.15) is 5.58 Å². The normalized spacial score (nSPS) is 11.1. The molecule has 0 aliphatic rings. The highest BCUT2D eigenvalue weighted by molar-refractivity contribution is 6.32. The molecule has 22 heavy (non-hydrogen) atoms. The van der Waals surface area contributed by atoms with Crippen LogP contribution in [-0.2, 0) is 13.6 Å². The van der Waals surface area contributed by atoms with Crippen molar-refractivity contribution in [1.82, 2.24) is 15.1 Å². The highest BCUT2D eigenvalue weighted by Crippen LogP contribution is 2.30. The van der Waals surface area contributed by atoms with Crippen molar-refractivity contribution in [2.75, 3.05) is 0 Å². The van der Waals surface area contributed by atoms with Crippen LogP contribution >= 0.6 is 11.6 Å². The Morgan fingerprint density at radius 3 is 2.86 bits per heavy atom. The van der Waals surface area contributed by atoms with Crippen molar-refractivity contribution in [2.24, 2.45) is 7.05 Å². The Morgan fingerprint density at radius 1 is 1.41 bits per heavy atom. The van der Waals surface area contributed by atoms with Crippen LogP contribution in [0.5, 0.6) is 0 Å². The van der Waals surface area contributed by atoms with E-state index in [1.54, 1.807) is 10.9 Å². The maximum absolute atomic E-state index is 12.3. The number of carbonyl (C=O) groups excluding carboxylic acids is 1. The van der Waals surface area contributed by atoms with Crippen molar-refractivity contribution in [3.8, 4) is 0 Å².